The molecule has 1 heterocycles. The maximum Gasteiger partial charge on any atom is 0.256 e. The zero-order chi connectivity index (χ0) is 16.7. The average molecular weight is 309 g/mol. The van der Waals surface area contributed by atoms with Crippen LogP contribution < -0.4 is 0 Å². The molecule has 1 aliphatic rings. The molecule has 1 aromatic heterocycles. The van der Waals surface area contributed by atoms with E-state index in [1.165, 1.54) is 5.56 Å². The number of carbonyl (C=O) groups is 1. The number of likely N-dealkylation sites (N-methyl/N-ethyl adjacent to an activating group) is 1. The summed E-state index contributed by atoms with van der Waals surface area (Å²) < 4.78 is 0. The van der Waals surface area contributed by atoms with E-state index < -0.39 is 0 Å². The van der Waals surface area contributed by atoms with Crippen molar-refractivity contribution in [1.29, 1.82) is 0 Å². The van der Waals surface area contributed by atoms with Gasteiger partial charge >= 0.3 is 0 Å². The monoisotopic (exact) mass is 309 g/mol. The zero-order valence-electron chi connectivity index (χ0n) is 14.2. The first-order valence-corrected chi connectivity index (χ1v) is 7.95. The quantitative estimate of drug-likeness (QED) is 0.871. The Hall–Kier alpha value is -2.23. The van der Waals surface area contributed by atoms with E-state index >= 15 is 0 Å². The number of hydrogen-bond acceptors (Lipinski definition) is 3. The summed E-state index contributed by atoms with van der Waals surface area (Å²) in [6, 6.07) is 10.5. The Morgan fingerprint density at radius 3 is 2.26 bits per heavy atom. The molecule has 1 aliphatic carbocycles. The summed E-state index contributed by atoms with van der Waals surface area (Å²) in [6.45, 7) is 7.06. The molecule has 2 aromatic rings. The molecular weight excluding hydrogens is 286 g/mol. The largest absolute Gasteiger partial charge is 0.341 e. The van der Waals surface area contributed by atoms with E-state index in [0.717, 1.165) is 6.42 Å². The topological polar surface area (TPSA) is 46.1 Å². The van der Waals surface area contributed by atoms with Crippen molar-refractivity contribution >= 4 is 5.91 Å². The van der Waals surface area contributed by atoms with Gasteiger partial charge in [0.2, 0.25) is 0 Å². The highest BCUT2D eigenvalue weighted by molar-refractivity contribution is 5.93. The Bertz CT molecular complexity index is 709. The van der Waals surface area contributed by atoms with Crippen LogP contribution in [0.5, 0.6) is 0 Å². The predicted molar refractivity (Wildman–Crippen MR) is 90.2 cm³/mol. The molecule has 120 valence electrons. The highest BCUT2D eigenvalue weighted by atomic mass is 16.2. The van der Waals surface area contributed by atoms with Gasteiger partial charge in [-0.2, -0.15) is 0 Å². The van der Waals surface area contributed by atoms with Crippen LogP contribution in [0.25, 0.3) is 0 Å². The number of nitrogens with zero attached hydrogens (tertiary/aromatic N) is 3. The normalized spacial score (nSPS) is 21.7. The summed E-state index contributed by atoms with van der Waals surface area (Å²) in [5, 5.41) is 0. The SMILES string of the molecule is Cc1ncc(C(=O)N(C)C[C@]2(c3ccccc3)CC2(C)C)cn1. The molecule has 0 unspecified atom stereocenters. The fourth-order valence-electron chi connectivity index (χ4n) is 3.52. The Balaban J connectivity index is 1.82. The molecule has 1 atom stereocenters. The lowest BCUT2D eigenvalue weighted by molar-refractivity contribution is 0.0774. The molecule has 0 spiro atoms. The number of aromatic nitrogens is 2. The molecule has 0 aliphatic heterocycles. The van der Waals surface area contributed by atoms with Gasteiger partial charge in [-0.25, -0.2) is 9.97 Å². The van der Waals surface area contributed by atoms with E-state index in [9.17, 15) is 4.79 Å². The molecule has 1 aromatic carbocycles. The second kappa shape index (κ2) is 5.44. The van der Waals surface area contributed by atoms with Gasteiger partial charge in [0.25, 0.3) is 5.91 Å². The molecule has 1 saturated carbocycles. The summed E-state index contributed by atoms with van der Waals surface area (Å²) in [4.78, 5) is 22.7. The summed E-state index contributed by atoms with van der Waals surface area (Å²) in [5.74, 6) is 0.649. The van der Waals surface area contributed by atoms with Crippen LogP contribution in [0.1, 0.15) is 42.0 Å². The zero-order valence-corrected chi connectivity index (χ0v) is 14.2. The lowest BCUT2D eigenvalue weighted by Gasteiger charge is -2.27. The van der Waals surface area contributed by atoms with E-state index in [1.807, 2.05) is 20.0 Å². The molecule has 4 heteroatoms. The summed E-state index contributed by atoms with van der Waals surface area (Å²) in [5.41, 5.74) is 2.08. The van der Waals surface area contributed by atoms with Gasteiger partial charge in [0.1, 0.15) is 5.82 Å². The van der Waals surface area contributed by atoms with Gasteiger partial charge in [-0.3, -0.25) is 4.79 Å². The van der Waals surface area contributed by atoms with Crippen molar-refractivity contribution in [1.82, 2.24) is 14.9 Å². The third-order valence-corrected chi connectivity index (χ3v) is 5.12. The van der Waals surface area contributed by atoms with E-state index in [-0.39, 0.29) is 16.7 Å². The van der Waals surface area contributed by atoms with Crippen molar-refractivity contribution in [2.45, 2.75) is 32.6 Å². The molecule has 1 amide bonds. The van der Waals surface area contributed by atoms with E-state index in [0.29, 0.717) is 17.9 Å². The van der Waals surface area contributed by atoms with Crippen LogP contribution in [-0.4, -0.2) is 34.4 Å². The Labute approximate surface area is 137 Å². The average Bonchev–Trinajstić information content (AvgIpc) is 3.10. The van der Waals surface area contributed by atoms with Gasteiger partial charge in [-0.05, 0) is 24.3 Å². The number of rotatable bonds is 4. The van der Waals surface area contributed by atoms with Crippen molar-refractivity contribution in [2.75, 3.05) is 13.6 Å². The van der Waals surface area contributed by atoms with E-state index in [4.69, 9.17) is 0 Å². The highest BCUT2D eigenvalue weighted by Crippen LogP contribution is 2.64. The number of carbonyl (C=O) groups excluding carboxylic acids is 1. The van der Waals surface area contributed by atoms with Crippen molar-refractivity contribution in [3.05, 3.63) is 59.7 Å². The van der Waals surface area contributed by atoms with Crippen LogP contribution >= 0.6 is 0 Å². The minimum absolute atomic E-state index is 0.0250. The Morgan fingerprint density at radius 2 is 1.74 bits per heavy atom. The molecule has 0 radical (unpaired) electrons. The van der Waals surface area contributed by atoms with Gasteiger partial charge in [-0.1, -0.05) is 44.2 Å². The van der Waals surface area contributed by atoms with Crippen LogP contribution in [0.2, 0.25) is 0 Å². The number of hydrogen-bond donors (Lipinski definition) is 0. The third kappa shape index (κ3) is 2.74. The molecule has 1 fully saturated rings. The molecule has 0 bridgehead atoms. The minimum atomic E-state index is -0.0250. The van der Waals surface area contributed by atoms with Crippen LogP contribution in [0.15, 0.2) is 42.7 Å². The van der Waals surface area contributed by atoms with E-state index in [1.54, 1.807) is 17.3 Å². The minimum Gasteiger partial charge on any atom is -0.341 e. The molecule has 0 N–H and O–H groups in total. The molecule has 4 nitrogen and oxygen atoms in total. The van der Waals surface area contributed by atoms with Crippen LogP contribution in [0.4, 0.5) is 0 Å². The Kier molecular flexibility index (Phi) is 3.71. The van der Waals surface area contributed by atoms with Crippen LogP contribution in [0.3, 0.4) is 0 Å². The maximum absolute atomic E-state index is 12.6. The summed E-state index contributed by atoms with van der Waals surface area (Å²) in [7, 11) is 1.86. The van der Waals surface area contributed by atoms with Crippen molar-refractivity contribution in [3.8, 4) is 0 Å². The Morgan fingerprint density at radius 1 is 1.17 bits per heavy atom. The second-order valence-corrected chi connectivity index (χ2v) is 7.19. The van der Waals surface area contributed by atoms with Gasteiger partial charge in [0.05, 0.1) is 5.56 Å². The standard InChI is InChI=1S/C19H23N3O/c1-14-20-10-15(11-21-14)17(23)22(4)13-19(12-18(19,2)3)16-8-6-5-7-9-16/h5-11H,12-13H2,1-4H3/t19-/m0/s1. The summed E-state index contributed by atoms with van der Waals surface area (Å²) in [6.07, 6.45) is 4.30. The lowest BCUT2D eigenvalue weighted by atomic mass is 9.87. The smallest absolute Gasteiger partial charge is 0.256 e. The maximum atomic E-state index is 12.6. The summed E-state index contributed by atoms with van der Waals surface area (Å²) >= 11 is 0. The number of aryl methyl sites for hydroxylation is 1. The number of amides is 1. The van der Waals surface area contributed by atoms with Gasteiger partial charge in [0, 0.05) is 31.4 Å². The lowest BCUT2D eigenvalue weighted by Crippen LogP contribution is -2.36. The van der Waals surface area contributed by atoms with Crippen LogP contribution in [0, 0.1) is 12.3 Å². The fourth-order valence-corrected chi connectivity index (χ4v) is 3.52. The van der Waals surface area contributed by atoms with Crippen molar-refractivity contribution < 1.29 is 4.79 Å². The van der Waals surface area contributed by atoms with Crippen molar-refractivity contribution in [3.63, 3.8) is 0 Å². The van der Waals surface area contributed by atoms with Crippen LogP contribution in [-0.2, 0) is 5.41 Å². The molecule has 3 rings (SSSR count). The van der Waals surface area contributed by atoms with Crippen molar-refractivity contribution in [2.24, 2.45) is 5.41 Å². The molecule has 0 saturated heterocycles. The second-order valence-electron chi connectivity index (χ2n) is 7.19. The highest BCUT2D eigenvalue weighted by Gasteiger charge is 2.62. The van der Waals surface area contributed by atoms with Gasteiger partial charge in [-0.15, -0.1) is 0 Å². The molecular formula is C19H23N3O. The fraction of sp³-hybridized carbons (Fsp3) is 0.421. The predicted octanol–water partition coefficient (Wildman–Crippen LogP) is 3.22. The first kappa shape index (κ1) is 15.7. The third-order valence-electron chi connectivity index (χ3n) is 5.12. The van der Waals surface area contributed by atoms with Gasteiger partial charge in [0.15, 0.2) is 0 Å². The molecule has 23 heavy (non-hydrogen) atoms. The first-order chi connectivity index (χ1) is 10.9. The first-order valence-electron chi connectivity index (χ1n) is 7.95. The van der Waals surface area contributed by atoms with E-state index in [2.05, 4.69) is 48.1 Å². The van der Waals surface area contributed by atoms with Gasteiger partial charge < -0.3 is 4.90 Å². The number of benzene rings is 1.